The number of carbonyl (C=O) groups is 2. The second-order valence-corrected chi connectivity index (χ2v) is 3.42. The molecule has 0 bridgehead atoms. The summed E-state index contributed by atoms with van der Waals surface area (Å²) in [4.78, 5) is 23.6. The van der Waals surface area contributed by atoms with Gasteiger partial charge in [-0.1, -0.05) is 6.92 Å². The molecule has 1 rings (SSSR count). The first kappa shape index (κ1) is 9.52. The number of hydrogen-bond donors (Lipinski definition) is 0. The molecule has 1 saturated heterocycles. The van der Waals surface area contributed by atoms with Crippen molar-refractivity contribution in [2.24, 2.45) is 5.92 Å². The van der Waals surface area contributed by atoms with Gasteiger partial charge >= 0.3 is 0 Å². The number of halogens is 1. The quantitative estimate of drug-likeness (QED) is 0.622. The molecule has 0 aliphatic carbocycles. The van der Waals surface area contributed by atoms with Gasteiger partial charge in [0, 0.05) is 19.5 Å². The molecule has 1 fully saturated rings. The summed E-state index contributed by atoms with van der Waals surface area (Å²) in [5.74, 6) is -0.221. The molecule has 0 radical (unpaired) electrons. The normalized spacial score (nSPS) is 23.3. The molecule has 12 heavy (non-hydrogen) atoms. The van der Waals surface area contributed by atoms with Crippen LogP contribution in [-0.2, 0) is 9.59 Å². The van der Waals surface area contributed by atoms with E-state index in [1.165, 1.54) is 0 Å². The van der Waals surface area contributed by atoms with E-state index in [1.54, 1.807) is 4.90 Å². The van der Waals surface area contributed by atoms with E-state index < -0.39 is 0 Å². The van der Waals surface area contributed by atoms with E-state index in [9.17, 15) is 9.59 Å². The Labute approximate surface area is 76.7 Å². The monoisotopic (exact) mass is 189 g/mol. The molecule has 1 amide bonds. The smallest absolute Gasteiger partial charge is 0.227 e. The molecule has 1 atom stereocenters. The molecule has 0 N–H and O–H groups in total. The SMILES string of the molecule is CCCN1CC(C(=O)Cl)CC1=O. The first-order valence-corrected chi connectivity index (χ1v) is 4.50. The number of likely N-dealkylation sites (tertiary alicyclic amines) is 1. The fourth-order valence-electron chi connectivity index (χ4n) is 1.41. The first-order valence-electron chi connectivity index (χ1n) is 4.12. The zero-order valence-electron chi connectivity index (χ0n) is 7.05. The topological polar surface area (TPSA) is 37.4 Å². The molecule has 1 aliphatic rings. The van der Waals surface area contributed by atoms with E-state index in [0.29, 0.717) is 13.0 Å². The molecule has 0 spiro atoms. The van der Waals surface area contributed by atoms with Crippen molar-refractivity contribution in [3.63, 3.8) is 0 Å². The van der Waals surface area contributed by atoms with Gasteiger partial charge in [-0.25, -0.2) is 0 Å². The van der Waals surface area contributed by atoms with Gasteiger partial charge in [0.1, 0.15) is 0 Å². The van der Waals surface area contributed by atoms with Crippen LogP contribution in [0.15, 0.2) is 0 Å². The Balaban J connectivity index is 2.50. The van der Waals surface area contributed by atoms with Gasteiger partial charge in [0.15, 0.2) is 0 Å². The highest BCUT2D eigenvalue weighted by Crippen LogP contribution is 2.19. The number of amides is 1. The van der Waals surface area contributed by atoms with Crippen molar-refractivity contribution in [2.45, 2.75) is 19.8 Å². The van der Waals surface area contributed by atoms with E-state index in [0.717, 1.165) is 13.0 Å². The lowest BCUT2D eigenvalue weighted by atomic mass is 10.1. The lowest BCUT2D eigenvalue weighted by Gasteiger charge is -2.13. The molecule has 0 saturated carbocycles. The third kappa shape index (κ3) is 1.97. The fraction of sp³-hybridized carbons (Fsp3) is 0.750. The average molecular weight is 190 g/mol. The fourth-order valence-corrected chi connectivity index (χ4v) is 1.56. The van der Waals surface area contributed by atoms with Crippen LogP contribution in [0.4, 0.5) is 0 Å². The minimum absolute atomic E-state index is 0.0517. The predicted molar refractivity (Wildman–Crippen MR) is 45.8 cm³/mol. The van der Waals surface area contributed by atoms with Crippen LogP contribution in [0.25, 0.3) is 0 Å². The average Bonchev–Trinajstić information content (AvgIpc) is 2.34. The van der Waals surface area contributed by atoms with Crippen LogP contribution in [0, 0.1) is 5.92 Å². The van der Waals surface area contributed by atoms with Crippen LogP contribution in [0.3, 0.4) is 0 Å². The first-order chi connectivity index (χ1) is 5.65. The Morgan fingerprint density at radius 1 is 1.75 bits per heavy atom. The molecule has 0 aromatic rings. The number of nitrogens with zero attached hydrogens (tertiary/aromatic N) is 1. The van der Waals surface area contributed by atoms with Gasteiger partial charge in [-0.2, -0.15) is 0 Å². The maximum absolute atomic E-state index is 11.2. The Morgan fingerprint density at radius 2 is 2.42 bits per heavy atom. The van der Waals surface area contributed by atoms with Gasteiger partial charge in [-0.05, 0) is 18.0 Å². The van der Waals surface area contributed by atoms with Crippen LogP contribution in [0.1, 0.15) is 19.8 Å². The molecule has 1 heterocycles. The van der Waals surface area contributed by atoms with Gasteiger partial charge in [0.2, 0.25) is 11.1 Å². The van der Waals surface area contributed by atoms with Crippen molar-refractivity contribution < 1.29 is 9.59 Å². The standard InChI is InChI=1S/C8H12ClNO2/c1-2-3-10-5-6(8(9)12)4-7(10)11/h6H,2-5H2,1H3. The van der Waals surface area contributed by atoms with E-state index in [2.05, 4.69) is 0 Å². The van der Waals surface area contributed by atoms with Gasteiger partial charge in [-0.3, -0.25) is 9.59 Å². The third-order valence-corrected chi connectivity index (χ3v) is 2.34. The lowest BCUT2D eigenvalue weighted by molar-refractivity contribution is -0.128. The molecule has 1 aliphatic heterocycles. The Bertz CT molecular complexity index is 205. The maximum Gasteiger partial charge on any atom is 0.227 e. The number of hydrogen-bond acceptors (Lipinski definition) is 2. The highest BCUT2D eigenvalue weighted by atomic mass is 35.5. The maximum atomic E-state index is 11.2. The van der Waals surface area contributed by atoms with Gasteiger partial charge < -0.3 is 4.90 Å². The van der Waals surface area contributed by atoms with Crippen LogP contribution in [0.5, 0.6) is 0 Å². The van der Waals surface area contributed by atoms with Crippen molar-refractivity contribution in [3.05, 3.63) is 0 Å². The minimum Gasteiger partial charge on any atom is -0.342 e. The largest absolute Gasteiger partial charge is 0.342 e. The predicted octanol–water partition coefficient (Wildman–Crippen LogP) is 1.01. The van der Waals surface area contributed by atoms with E-state index in [1.807, 2.05) is 6.92 Å². The zero-order chi connectivity index (χ0) is 9.14. The molecule has 0 aromatic heterocycles. The van der Waals surface area contributed by atoms with E-state index in [4.69, 9.17) is 11.6 Å². The highest BCUT2D eigenvalue weighted by Gasteiger charge is 2.32. The van der Waals surface area contributed by atoms with Crippen molar-refractivity contribution in [3.8, 4) is 0 Å². The van der Waals surface area contributed by atoms with Gasteiger partial charge in [0.25, 0.3) is 0 Å². The van der Waals surface area contributed by atoms with Crippen molar-refractivity contribution in [1.82, 2.24) is 4.90 Å². The van der Waals surface area contributed by atoms with Gasteiger partial charge in [0.05, 0.1) is 5.92 Å². The lowest BCUT2D eigenvalue weighted by Crippen LogP contribution is -2.26. The number of carbonyl (C=O) groups excluding carboxylic acids is 2. The summed E-state index contributed by atoms with van der Waals surface area (Å²) in [6, 6.07) is 0. The van der Waals surface area contributed by atoms with Crippen LogP contribution in [0.2, 0.25) is 0 Å². The third-order valence-electron chi connectivity index (χ3n) is 2.03. The second kappa shape index (κ2) is 3.90. The Kier molecular flexibility index (Phi) is 3.09. The minimum atomic E-state index is -0.387. The van der Waals surface area contributed by atoms with Crippen molar-refractivity contribution in [2.75, 3.05) is 13.1 Å². The molecule has 1 unspecified atom stereocenters. The zero-order valence-corrected chi connectivity index (χ0v) is 7.80. The summed E-state index contributed by atoms with van der Waals surface area (Å²) < 4.78 is 0. The Hall–Kier alpha value is -0.570. The summed E-state index contributed by atoms with van der Waals surface area (Å²) in [5.41, 5.74) is 0. The molecular formula is C8H12ClNO2. The van der Waals surface area contributed by atoms with E-state index in [-0.39, 0.29) is 17.1 Å². The van der Waals surface area contributed by atoms with Crippen LogP contribution >= 0.6 is 11.6 Å². The summed E-state index contributed by atoms with van der Waals surface area (Å²) in [6.07, 6.45) is 1.22. The summed E-state index contributed by atoms with van der Waals surface area (Å²) in [5, 5.41) is -0.387. The molecule has 0 aromatic carbocycles. The highest BCUT2D eigenvalue weighted by molar-refractivity contribution is 6.64. The van der Waals surface area contributed by atoms with Crippen LogP contribution < -0.4 is 0 Å². The number of rotatable bonds is 3. The van der Waals surface area contributed by atoms with Crippen molar-refractivity contribution >= 4 is 22.8 Å². The molecule has 3 nitrogen and oxygen atoms in total. The molecular weight excluding hydrogens is 178 g/mol. The molecule has 4 heteroatoms. The van der Waals surface area contributed by atoms with Gasteiger partial charge in [-0.15, -0.1) is 0 Å². The van der Waals surface area contributed by atoms with Crippen LogP contribution in [-0.4, -0.2) is 29.1 Å². The summed E-state index contributed by atoms with van der Waals surface area (Å²) >= 11 is 5.30. The summed E-state index contributed by atoms with van der Waals surface area (Å²) in [6.45, 7) is 3.25. The molecule has 68 valence electrons. The van der Waals surface area contributed by atoms with E-state index >= 15 is 0 Å². The second-order valence-electron chi connectivity index (χ2n) is 3.04. The summed E-state index contributed by atoms with van der Waals surface area (Å²) in [7, 11) is 0. The Morgan fingerprint density at radius 3 is 2.83 bits per heavy atom. The van der Waals surface area contributed by atoms with Crippen molar-refractivity contribution in [1.29, 1.82) is 0 Å².